The Morgan fingerprint density at radius 3 is 2.48 bits per heavy atom. The van der Waals surface area contributed by atoms with Crippen LogP contribution in [0.3, 0.4) is 0 Å². The fourth-order valence-corrected chi connectivity index (χ4v) is 3.29. The monoisotopic (exact) mass is 401 g/mol. The molecule has 1 fully saturated rings. The fourth-order valence-electron chi connectivity index (χ4n) is 3.29. The molecule has 6 nitrogen and oxygen atoms in total. The molecule has 162 valence electrons. The molecule has 0 aliphatic carbocycles. The molecule has 0 radical (unpaired) electrons. The van der Waals surface area contributed by atoms with E-state index in [1.165, 1.54) is 25.9 Å². The van der Waals surface area contributed by atoms with E-state index in [9.17, 15) is 4.79 Å². The van der Waals surface area contributed by atoms with Crippen LogP contribution in [0.25, 0.3) is 0 Å². The zero-order chi connectivity index (χ0) is 21.1. The molecule has 1 aromatic carbocycles. The number of carbonyl (C=O) groups is 1. The van der Waals surface area contributed by atoms with Crippen LogP contribution in [-0.2, 0) is 11.3 Å². The highest BCUT2D eigenvalue weighted by Crippen LogP contribution is 2.15. The van der Waals surface area contributed by atoms with Gasteiger partial charge < -0.3 is 20.9 Å². The molecule has 1 aliphatic rings. The fraction of sp³-hybridized carbons (Fsp3) is 0.652. The molecule has 1 heterocycles. The third-order valence-corrected chi connectivity index (χ3v) is 5.33. The van der Waals surface area contributed by atoms with Gasteiger partial charge in [-0.05, 0) is 69.4 Å². The van der Waals surface area contributed by atoms with Crippen LogP contribution in [0.4, 0.5) is 5.69 Å². The third-order valence-electron chi connectivity index (χ3n) is 5.33. The van der Waals surface area contributed by atoms with Crippen LogP contribution in [0.5, 0.6) is 0 Å². The molecule has 1 aromatic rings. The van der Waals surface area contributed by atoms with Crippen LogP contribution in [0, 0.1) is 11.8 Å². The number of anilines is 1. The van der Waals surface area contributed by atoms with Crippen LogP contribution in [0.15, 0.2) is 29.3 Å². The Morgan fingerprint density at radius 1 is 1.17 bits per heavy atom. The summed E-state index contributed by atoms with van der Waals surface area (Å²) in [6.07, 6.45) is 3.79. The SMILES string of the molecule is CCNC(=NCc1ccc(NC(=O)C(C)C)cc1)NCCCN1CCC(C)CC1. The molecule has 3 N–H and O–H groups in total. The molecule has 0 spiro atoms. The van der Waals surface area contributed by atoms with E-state index in [4.69, 9.17) is 4.99 Å². The van der Waals surface area contributed by atoms with Crippen molar-refractivity contribution in [2.45, 2.75) is 53.5 Å². The van der Waals surface area contributed by atoms with Crippen LogP contribution >= 0.6 is 0 Å². The van der Waals surface area contributed by atoms with Crippen molar-refractivity contribution in [1.82, 2.24) is 15.5 Å². The summed E-state index contributed by atoms with van der Waals surface area (Å²) >= 11 is 0. The van der Waals surface area contributed by atoms with Crippen LogP contribution in [0.1, 0.15) is 52.5 Å². The van der Waals surface area contributed by atoms with Gasteiger partial charge >= 0.3 is 0 Å². The standard InChI is InChI=1S/C23H39N5O/c1-5-24-23(25-13-6-14-28-15-11-19(4)12-16-28)26-17-20-7-9-21(10-8-20)27-22(29)18(2)3/h7-10,18-19H,5-6,11-17H2,1-4H3,(H,27,29)(H2,24,25,26). The van der Waals surface area contributed by atoms with Crippen molar-refractivity contribution in [2.75, 3.05) is 38.0 Å². The Bertz CT molecular complexity index is 633. The van der Waals surface area contributed by atoms with Gasteiger partial charge in [-0.2, -0.15) is 0 Å². The minimum absolute atomic E-state index is 0.0218. The van der Waals surface area contributed by atoms with E-state index in [1.807, 2.05) is 38.1 Å². The summed E-state index contributed by atoms with van der Waals surface area (Å²) in [5.74, 6) is 1.76. The molecule has 2 rings (SSSR count). The lowest BCUT2D eigenvalue weighted by Crippen LogP contribution is -2.39. The van der Waals surface area contributed by atoms with Crippen LogP contribution in [0.2, 0.25) is 0 Å². The van der Waals surface area contributed by atoms with E-state index < -0.39 is 0 Å². The third kappa shape index (κ3) is 8.86. The predicted octanol–water partition coefficient (Wildman–Crippen LogP) is 3.46. The lowest BCUT2D eigenvalue weighted by Gasteiger charge is -2.30. The minimum atomic E-state index is -0.0218. The number of aliphatic imine (C=N–C) groups is 1. The molecule has 1 saturated heterocycles. The van der Waals surface area contributed by atoms with Gasteiger partial charge in [0.2, 0.25) is 5.91 Å². The van der Waals surface area contributed by atoms with Gasteiger partial charge in [0.1, 0.15) is 0 Å². The van der Waals surface area contributed by atoms with Crippen molar-refractivity contribution < 1.29 is 4.79 Å². The largest absolute Gasteiger partial charge is 0.357 e. The first-order valence-electron chi connectivity index (χ1n) is 11.1. The van der Waals surface area contributed by atoms with E-state index in [2.05, 4.69) is 34.7 Å². The highest BCUT2D eigenvalue weighted by atomic mass is 16.1. The average Bonchev–Trinajstić information content (AvgIpc) is 2.71. The molecule has 0 unspecified atom stereocenters. The van der Waals surface area contributed by atoms with Crippen molar-refractivity contribution in [2.24, 2.45) is 16.8 Å². The molecule has 0 atom stereocenters. The Balaban J connectivity index is 1.75. The summed E-state index contributed by atoms with van der Waals surface area (Å²) in [6.45, 7) is 14.2. The second-order valence-electron chi connectivity index (χ2n) is 8.34. The van der Waals surface area contributed by atoms with Crippen molar-refractivity contribution in [1.29, 1.82) is 0 Å². The second kappa shape index (κ2) is 12.5. The summed E-state index contributed by atoms with van der Waals surface area (Å²) in [5, 5.41) is 9.67. The van der Waals surface area contributed by atoms with Gasteiger partial charge in [0.25, 0.3) is 0 Å². The number of benzene rings is 1. The van der Waals surface area contributed by atoms with Crippen molar-refractivity contribution >= 4 is 17.6 Å². The molecular formula is C23H39N5O. The normalized spacial score (nSPS) is 16.1. The van der Waals surface area contributed by atoms with E-state index in [-0.39, 0.29) is 11.8 Å². The first kappa shape index (κ1) is 23.2. The van der Waals surface area contributed by atoms with Crippen LogP contribution < -0.4 is 16.0 Å². The van der Waals surface area contributed by atoms with E-state index >= 15 is 0 Å². The van der Waals surface area contributed by atoms with Gasteiger partial charge in [-0.3, -0.25) is 4.79 Å². The number of hydrogen-bond donors (Lipinski definition) is 3. The predicted molar refractivity (Wildman–Crippen MR) is 122 cm³/mol. The van der Waals surface area contributed by atoms with Gasteiger partial charge in [0, 0.05) is 24.7 Å². The lowest BCUT2D eigenvalue weighted by molar-refractivity contribution is -0.118. The topological polar surface area (TPSA) is 68.8 Å². The van der Waals surface area contributed by atoms with Crippen molar-refractivity contribution in [3.63, 3.8) is 0 Å². The summed E-state index contributed by atoms with van der Waals surface area (Å²) in [6, 6.07) is 7.90. The number of guanidine groups is 1. The van der Waals surface area contributed by atoms with Gasteiger partial charge in [-0.25, -0.2) is 4.99 Å². The maximum Gasteiger partial charge on any atom is 0.226 e. The van der Waals surface area contributed by atoms with Crippen molar-refractivity contribution in [3.05, 3.63) is 29.8 Å². The van der Waals surface area contributed by atoms with Crippen LogP contribution in [-0.4, -0.2) is 49.5 Å². The highest BCUT2D eigenvalue weighted by molar-refractivity contribution is 5.92. The van der Waals surface area contributed by atoms with Gasteiger partial charge in [0.05, 0.1) is 6.54 Å². The number of carbonyl (C=O) groups excluding carboxylic acids is 1. The lowest BCUT2D eigenvalue weighted by atomic mass is 9.99. The average molecular weight is 402 g/mol. The number of hydrogen-bond acceptors (Lipinski definition) is 3. The summed E-state index contributed by atoms with van der Waals surface area (Å²) in [5.41, 5.74) is 1.95. The highest BCUT2D eigenvalue weighted by Gasteiger charge is 2.14. The van der Waals surface area contributed by atoms with Crippen molar-refractivity contribution in [3.8, 4) is 0 Å². The summed E-state index contributed by atoms with van der Waals surface area (Å²) in [7, 11) is 0. The quantitative estimate of drug-likeness (QED) is 0.337. The van der Waals surface area contributed by atoms with Gasteiger partial charge in [-0.15, -0.1) is 0 Å². The maximum atomic E-state index is 11.8. The van der Waals surface area contributed by atoms with E-state index in [0.717, 1.165) is 49.2 Å². The summed E-state index contributed by atoms with van der Waals surface area (Å²) < 4.78 is 0. The number of piperidine rings is 1. The Morgan fingerprint density at radius 2 is 1.86 bits per heavy atom. The molecule has 0 bridgehead atoms. The van der Waals surface area contributed by atoms with Gasteiger partial charge in [-0.1, -0.05) is 32.9 Å². The smallest absolute Gasteiger partial charge is 0.226 e. The minimum Gasteiger partial charge on any atom is -0.357 e. The number of nitrogens with zero attached hydrogens (tertiary/aromatic N) is 2. The maximum absolute atomic E-state index is 11.8. The molecule has 1 aliphatic heterocycles. The molecular weight excluding hydrogens is 362 g/mol. The Labute approximate surface area is 176 Å². The number of amides is 1. The Hall–Kier alpha value is -2.08. The molecule has 0 aromatic heterocycles. The van der Waals surface area contributed by atoms with E-state index in [0.29, 0.717) is 6.54 Å². The molecule has 6 heteroatoms. The van der Waals surface area contributed by atoms with Gasteiger partial charge in [0.15, 0.2) is 5.96 Å². The zero-order valence-corrected chi connectivity index (χ0v) is 18.6. The molecule has 0 saturated carbocycles. The first-order chi connectivity index (χ1) is 14.0. The molecule has 29 heavy (non-hydrogen) atoms. The first-order valence-corrected chi connectivity index (χ1v) is 11.1. The summed E-state index contributed by atoms with van der Waals surface area (Å²) in [4.78, 5) is 19.0. The zero-order valence-electron chi connectivity index (χ0n) is 18.6. The van der Waals surface area contributed by atoms with E-state index in [1.54, 1.807) is 0 Å². The second-order valence-corrected chi connectivity index (χ2v) is 8.34. The number of likely N-dealkylation sites (tertiary alicyclic amines) is 1. The molecule has 1 amide bonds. The number of rotatable bonds is 9. The Kier molecular flexibility index (Phi) is 9.98. The number of nitrogens with one attached hydrogen (secondary N) is 3.